The molecule has 4 aliphatic carbocycles. The molecule has 0 radical (unpaired) electrons. The van der Waals surface area contributed by atoms with Gasteiger partial charge in [0, 0.05) is 5.92 Å². The van der Waals surface area contributed by atoms with Crippen LogP contribution in [0.5, 0.6) is 0 Å². The van der Waals surface area contributed by atoms with E-state index in [9.17, 15) is 14.7 Å². The average molecular weight is 220 g/mol. The minimum Gasteiger partial charge on any atom is -0.392 e. The molecule has 3 nitrogen and oxygen atoms in total. The van der Waals surface area contributed by atoms with E-state index in [0.29, 0.717) is 12.8 Å². The summed E-state index contributed by atoms with van der Waals surface area (Å²) in [5.41, 5.74) is -0.753. The van der Waals surface area contributed by atoms with Gasteiger partial charge in [-0.3, -0.25) is 9.59 Å². The van der Waals surface area contributed by atoms with E-state index in [4.69, 9.17) is 0 Å². The largest absolute Gasteiger partial charge is 0.392 e. The van der Waals surface area contributed by atoms with Gasteiger partial charge >= 0.3 is 0 Å². The zero-order chi connectivity index (χ0) is 11.3. The summed E-state index contributed by atoms with van der Waals surface area (Å²) in [7, 11) is 0. The molecular formula is C13H16O3. The Balaban J connectivity index is 2.05. The molecule has 2 bridgehead atoms. The number of aliphatic hydroxyl groups excluding tert-OH is 1. The van der Waals surface area contributed by atoms with Crippen molar-refractivity contribution in [2.75, 3.05) is 0 Å². The summed E-state index contributed by atoms with van der Waals surface area (Å²) in [4.78, 5) is 24.5. The molecule has 1 N–H and O–H groups in total. The van der Waals surface area contributed by atoms with Crippen molar-refractivity contribution in [3.05, 3.63) is 12.2 Å². The number of rotatable bonds is 0. The summed E-state index contributed by atoms with van der Waals surface area (Å²) in [6, 6.07) is 0. The molecule has 0 aromatic rings. The van der Waals surface area contributed by atoms with E-state index < -0.39 is 11.5 Å². The number of hydrogen-bond acceptors (Lipinski definition) is 3. The highest BCUT2D eigenvalue weighted by Crippen LogP contribution is 2.54. The summed E-state index contributed by atoms with van der Waals surface area (Å²) in [5, 5.41) is 9.82. The minimum atomic E-state index is -0.753. The van der Waals surface area contributed by atoms with Crippen LogP contribution in [0.4, 0.5) is 0 Å². The van der Waals surface area contributed by atoms with Crippen LogP contribution in [0.3, 0.4) is 0 Å². The van der Waals surface area contributed by atoms with Crippen molar-refractivity contribution in [3.8, 4) is 0 Å². The Morgan fingerprint density at radius 1 is 1.31 bits per heavy atom. The molecule has 3 heteroatoms. The fourth-order valence-corrected chi connectivity index (χ4v) is 3.86. The van der Waals surface area contributed by atoms with E-state index in [1.165, 1.54) is 0 Å². The number of carbonyl (C=O) groups is 2. The second kappa shape index (κ2) is 3.27. The first kappa shape index (κ1) is 10.2. The maximum atomic E-state index is 12.4. The van der Waals surface area contributed by atoms with Crippen molar-refractivity contribution in [2.24, 2.45) is 17.3 Å². The van der Waals surface area contributed by atoms with Gasteiger partial charge in [-0.05, 0) is 44.1 Å². The summed E-state index contributed by atoms with van der Waals surface area (Å²) < 4.78 is 0. The van der Waals surface area contributed by atoms with Gasteiger partial charge in [-0.1, -0.05) is 6.08 Å². The van der Waals surface area contributed by atoms with Crippen molar-refractivity contribution >= 4 is 11.6 Å². The molecule has 0 heterocycles. The maximum Gasteiger partial charge on any atom is 0.169 e. The monoisotopic (exact) mass is 220 g/mol. The molecule has 1 spiro atoms. The second-order valence-electron chi connectivity index (χ2n) is 5.32. The van der Waals surface area contributed by atoms with Crippen LogP contribution in [-0.2, 0) is 9.59 Å². The van der Waals surface area contributed by atoms with E-state index in [1.54, 1.807) is 6.08 Å². The highest BCUT2D eigenvalue weighted by Gasteiger charge is 2.60. The second-order valence-corrected chi connectivity index (χ2v) is 5.32. The molecule has 3 fully saturated rings. The van der Waals surface area contributed by atoms with Crippen LogP contribution in [-0.4, -0.2) is 22.8 Å². The maximum absolute atomic E-state index is 12.4. The first-order chi connectivity index (χ1) is 7.66. The van der Waals surface area contributed by atoms with Crippen LogP contribution < -0.4 is 0 Å². The minimum absolute atomic E-state index is 0.00894. The van der Waals surface area contributed by atoms with E-state index in [2.05, 4.69) is 0 Å². The zero-order valence-electron chi connectivity index (χ0n) is 9.19. The summed E-state index contributed by atoms with van der Waals surface area (Å²) >= 11 is 0. The average Bonchev–Trinajstić information content (AvgIpc) is 2.28. The Bertz CT molecular complexity index is 385. The SMILES string of the molecule is O=C1C=CCC[C@@]12C(=O)[C@@H]1CC[C@H]2C[C@@H]1O. The molecule has 0 aliphatic heterocycles. The number of fused-ring (bicyclic) bond motifs is 2. The number of allylic oxidation sites excluding steroid dienone is 2. The molecular weight excluding hydrogens is 204 g/mol. The van der Waals surface area contributed by atoms with Crippen LogP contribution in [0.1, 0.15) is 32.1 Å². The fourth-order valence-electron chi connectivity index (χ4n) is 3.86. The normalized spacial score (nSPS) is 46.7. The van der Waals surface area contributed by atoms with Gasteiger partial charge in [0.2, 0.25) is 0 Å². The van der Waals surface area contributed by atoms with Crippen molar-refractivity contribution in [1.82, 2.24) is 0 Å². The Labute approximate surface area is 94.5 Å². The summed E-state index contributed by atoms with van der Waals surface area (Å²) in [5.74, 6) is -0.180. The smallest absolute Gasteiger partial charge is 0.169 e. The Morgan fingerprint density at radius 3 is 2.75 bits per heavy atom. The standard InChI is InChI=1S/C13H16O3/c14-10-7-8-4-5-9(10)12(16)13(8)6-2-1-3-11(13)15/h1,3,8-10,14H,2,4-7H2/t8-,9+,10-,13-/m0/s1. The van der Waals surface area contributed by atoms with Gasteiger partial charge < -0.3 is 5.11 Å². The summed E-state index contributed by atoms with van der Waals surface area (Å²) in [6.07, 6.45) is 6.74. The Hall–Kier alpha value is -0.960. The number of Topliss-reactive ketones (excluding diaryl/α,β-unsaturated/α-hetero) is 1. The van der Waals surface area contributed by atoms with Crippen LogP contribution in [0.2, 0.25) is 0 Å². The zero-order valence-corrected chi connectivity index (χ0v) is 9.19. The lowest BCUT2D eigenvalue weighted by Gasteiger charge is -2.51. The molecule has 4 atom stereocenters. The Kier molecular flexibility index (Phi) is 2.08. The molecule has 0 unspecified atom stereocenters. The van der Waals surface area contributed by atoms with Crippen LogP contribution in [0.15, 0.2) is 12.2 Å². The van der Waals surface area contributed by atoms with Gasteiger partial charge in [-0.15, -0.1) is 0 Å². The molecule has 86 valence electrons. The number of carbonyl (C=O) groups excluding carboxylic acids is 2. The third-order valence-electron chi connectivity index (χ3n) is 4.70. The number of ketones is 2. The van der Waals surface area contributed by atoms with Crippen molar-refractivity contribution in [2.45, 2.75) is 38.2 Å². The van der Waals surface area contributed by atoms with Gasteiger partial charge in [-0.2, -0.15) is 0 Å². The van der Waals surface area contributed by atoms with Gasteiger partial charge in [-0.25, -0.2) is 0 Å². The first-order valence-corrected chi connectivity index (χ1v) is 6.09. The molecule has 16 heavy (non-hydrogen) atoms. The third kappa shape index (κ3) is 1.07. The molecule has 4 aliphatic rings. The van der Waals surface area contributed by atoms with Crippen molar-refractivity contribution in [3.63, 3.8) is 0 Å². The van der Waals surface area contributed by atoms with Gasteiger partial charge in [0.05, 0.1) is 11.5 Å². The fraction of sp³-hybridized carbons (Fsp3) is 0.692. The first-order valence-electron chi connectivity index (χ1n) is 6.09. The predicted octanol–water partition coefficient (Wildman–Crippen LogP) is 1.25. The van der Waals surface area contributed by atoms with Crippen LogP contribution in [0.25, 0.3) is 0 Å². The van der Waals surface area contributed by atoms with Crippen molar-refractivity contribution in [1.29, 1.82) is 0 Å². The van der Waals surface area contributed by atoms with Crippen LogP contribution in [0, 0.1) is 17.3 Å². The lowest BCUT2D eigenvalue weighted by atomic mass is 9.50. The molecule has 0 aromatic heterocycles. The van der Waals surface area contributed by atoms with Crippen LogP contribution >= 0.6 is 0 Å². The molecule has 3 saturated carbocycles. The topological polar surface area (TPSA) is 54.4 Å². The van der Waals surface area contributed by atoms with E-state index in [-0.39, 0.29) is 23.4 Å². The lowest BCUT2D eigenvalue weighted by molar-refractivity contribution is -0.163. The van der Waals surface area contributed by atoms with Gasteiger partial charge in [0.15, 0.2) is 11.6 Å². The molecule has 0 amide bonds. The number of hydrogen-bond donors (Lipinski definition) is 1. The molecule has 0 aromatic carbocycles. The predicted molar refractivity (Wildman–Crippen MR) is 57.7 cm³/mol. The van der Waals surface area contributed by atoms with Gasteiger partial charge in [0.1, 0.15) is 0 Å². The summed E-state index contributed by atoms with van der Waals surface area (Å²) in [6.45, 7) is 0. The van der Waals surface area contributed by atoms with E-state index in [0.717, 1.165) is 19.3 Å². The van der Waals surface area contributed by atoms with E-state index in [1.807, 2.05) is 6.08 Å². The van der Waals surface area contributed by atoms with Gasteiger partial charge in [0.25, 0.3) is 0 Å². The Morgan fingerprint density at radius 2 is 2.12 bits per heavy atom. The quantitative estimate of drug-likeness (QED) is 0.625. The third-order valence-corrected chi connectivity index (χ3v) is 4.70. The highest BCUT2D eigenvalue weighted by atomic mass is 16.3. The van der Waals surface area contributed by atoms with Crippen molar-refractivity contribution < 1.29 is 14.7 Å². The highest BCUT2D eigenvalue weighted by molar-refractivity contribution is 6.14. The van der Waals surface area contributed by atoms with E-state index >= 15 is 0 Å². The number of aliphatic hydroxyl groups is 1. The molecule has 4 rings (SSSR count). The lowest BCUT2D eigenvalue weighted by Crippen LogP contribution is -2.59. The molecule has 0 saturated heterocycles.